The largest absolute Gasteiger partial charge is 0.504 e. The van der Waals surface area contributed by atoms with E-state index in [4.69, 9.17) is 9.72 Å². The summed E-state index contributed by atoms with van der Waals surface area (Å²) in [6.45, 7) is 2.57. The smallest absolute Gasteiger partial charge is 0.251 e. The van der Waals surface area contributed by atoms with Gasteiger partial charge in [0, 0.05) is 43.0 Å². The second-order valence-electron chi connectivity index (χ2n) is 7.34. The number of methoxy groups -OCH3 is 1. The molecule has 0 amide bonds. The zero-order valence-electron chi connectivity index (χ0n) is 16.3. The molecule has 2 aromatic heterocycles. The third kappa shape index (κ3) is 4.46. The third-order valence-corrected chi connectivity index (χ3v) is 5.27. The fourth-order valence-electron chi connectivity index (χ4n) is 3.84. The number of benzene rings is 1. The Kier molecular flexibility index (Phi) is 5.57. The van der Waals surface area contributed by atoms with Crippen molar-refractivity contribution in [1.82, 2.24) is 19.9 Å². The summed E-state index contributed by atoms with van der Waals surface area (Å²) in [5.41, 5.74) is 2.56. The van der Waals surface area contributed by atoms with Crippen molar-refractivity contribution >= 4 is 0 Å². The van der Waals surface area contributed by atoms with Gasteiger partial charge in [0.05, 0.1) is 12.8 Å². The van der Waals surface area contributed by atoms with E-state index in [1.807, 2.05) is 24.3 Å². The molecule has 1 fully saturated rings. The van der Waals surface area contributed by atoms with Crippen LogP contribution in [0.4, 0.5) is 0 Å². The molecule has 4 rings (SSSR count). The van der Waals surface area contributed by atoms with Crippen LogP contribution in [0.25, 0.3) is 11.4 Å². The van der Waals surface area contributed by atoms with Crippen molar-refractivity contribution in [3.8, 4) is 22.9 Å². The second kappa shape index (κ2) is 8.45. The fraction of sp³-hybridized carbons (Fsp3) is 0.318. The van der Waals surface area contributed by atoms with Gasteiger partial charge in [-0.2, -0.15) is 0 Å². The summed E-state index contributed by atoms with van der Waals surface area (Å²) < 4.78 is 5.21. The van der Waals surface area contributed by atoms with Crippen molar-refractivity contribution in [3.63, 3.8) is 0 Å². The number of rotatable bonds is 5. The van der Waals surface area contributed by atoms with Crippen molar-refractivity contribution in [1.29, 1.82) is 0 Å². The summed E-state index contributed by atoms with van der Waals surface area (Å²) in [6.07, 6.45) is 5.44. The lowest BCUT2D eigenvalue weighted by molar-refractivity contribution is 0.198. The van der Waals surface area contributed by atoms with E-state index in [0.29, 0.717) is 11.6 Å². The summed E-state index contributed by atoms with van der Waals surface area (Å²) in [5, 5.41) is 9.79. The first-order chi connectivity index (χ1) is 14.1. The summed E-state index contributed by atoms with van der Waals surface area (Å²) in [7, 11) is 1.55. The zero-order valence-corrected chi connectivity index (χ0v) is 16.3. The van der Waals surface area contributed by atoms with Crippen molar-refractivity contribution in [2.24, 2.45) is 0 Å². The van der Waals surface area contributed by atoms with Crippen LogP contribution in [-0.2, 0) is 6.54 Å². The van der Waals surface area contributed by atoms with Gasteiger partial charge in [0.25, 0.3) is 5.56 Å². The second-order valence-corrected chi connectivity index (χ2v) is 7.34. The Labute approximate surface area is 169 Å². The molecule has 1 atom stereocenters. The number of piperidine rings is 1. The highest BCUT2D eigenvalue weighted by Gasteiger charge is 2.23. The Balaban J connectivity index is 1.53. The quantitative estimate of drug-likeness (QED) is 0.694. The Morgan fingerprint density at radius 2 is 2.21 bits per heavy atom. The fourth-order valence-corrected chi connectivity index (χ4v) is 3.84. The Bertz CT molecular complexity index is 1040. The first kappa shape index (κ1) is 19.1. The molecule has 0 aliphatic carbocycles. The predicted molar refractivity (Wildman–Crippen MR) is 110 cm³/mol. The molecule has 2 N–H and O–H groups in total. The van der Waals surface area contributed by atoms with Crippen LogP contribution < -0.4 is 10.3 Å². The van der Waals surface area contributed by atoms with Crippen LogP contribution in [0.3, 0.4) is 0 Å². The number of ether oxygens (including phenoxy) is 1. The van der Waals surface area contributed by atoms with E-state index in [-0.39, 0.29) is 17.2 Å². The maximum atomic E-state index is 12.2. The molecule has 0 spiro atoms. The van der Waals surface area contributed by atoms with Gasteiger partial charge < -0.3 is 14.8 Å². The average Bonchev–Trinajstić information content (AvgIpc) is 2.75. The van der Waals surface area contributed by atoms with Crippen molar-refractivity contribution in [3.05, 3.63) is 70.4 Å². The summed E-state index contributed by atoms with van der Waals surface area (Å²) in [4.78, 5) is 26.2. The molecule has 0 radical (unpaired) electrons. The molecule has 1 aliphatic rings. The molecule has 29 heavy (non-hydrogen) atoms. The molecule has 150 valence electrons. The summed E-state index contributed by atoms with van der Waals surface area (Å²) in [5.74, 6) is 1.37. The number of nitrogens with zero attached hydrogens (tertiary/aromatic N) is 3. The van der Waals surface area contributed by atoms with Crippen molar-refractivity contribution in [2.45, 2.75) is 25.3 Å². The number of phenolic OH excluding ortho intramolecular Hbond substituents is 1. The van der Waals surface area contributed by atoms with E-state index in [9.17, 15) is 9.90 Å². The molecule has 7 heteroatoms. The van der Waals surface area contributed by atoms with Crippen LogP contribution in [0.1, 0.15) is 30.0 Å². The van der Waals surface area contributed by atoms with Crippen LogP contribution in [0.15, 0.2) is 53.6 Å². The molecular formula is C22H24N4O3. The molecule has 1 aliphatic heterocycles. The number of aromatic nitrogens is 3. The maximum Gasteiger partial charge on any atom is 0.251 e. The first-order valence-electron chi connectivity index (χ1n) is 9.72. The first-order valence-corrected chi connectivity index (χ1v) is 9.72. The Morgan fingerprint density at radius 1 is 1.31 bits per heavy atom. The number of H-pyrrole nitrogens is 1. The van der Waals surface area contributed by atoms with Gasteiger partial charge in [0.1, 0.15) is 5.82 Å². The highest BCUT2D eigenvalue weighted by atomic mass is 16.5. The van der Waals surface area contributed by atoms with Gasteiger partial charge in [-0.15, -0.1) is 0 Å². The predicted octanol–water partition coefficient (Wildman–Crippen LogP) is 2.93. The van der Waals surface area contributed by atoms with E-state index >= 15 is 0 Å². The lowest BCUT2D eigenvalue weighted by Crippen LogP contribution is -2.34. The van der Waals surface area contributed by atoms with Gasteiger partial charge in [-0.05, 0) is 49.2 Å². The van der Waals surface area contributed by atoms with Gasteiger partial charge in [0.15, 0.2) is 11.5 Å². The normalized spacial score (nSPS) is 17.2. The zero-order chi connectivity index (χ0) is 20.2. The molecule has 1 unspecified atom stereocenters. The maximum absolute atomic E-state index is 12.2. The topological polar surface area (TPSA) is 91.3 Å². The minimum atomic E-state index is -0.144. The Morgan fingerprint density at radius 3 is 3.00 bits per heavy atom. The molecule has 0 bridgehead atoms. The van der Waals surface area contributed by atoms with Crippen LogP contribution >= 0.6 is 0 Å². The number of nitrogens with one attached hydrogen (secondary N) is 1. The average molecular weight is 392 g/mol. The Hall–Kier alpha value is -3.19. The monoisotopic (exact) mass is 392 g/mol. The van der Waals surface area contributed by atoms with E-state index in [2.05, 4.69) is 14.9 Å². The van der Waals surface area contributed by atoms with Crippen molar-refractivity contribution in [2.75, 3.05) is 20.2 Å². The molecule has 1 aromatic carbocycles. The van der Waals surface area contributed by atoms with Crippen LogP contribution in [0.5, 0.6) is 11.5 Å². The van der Waals surface area contributed by atoms with Gasteiger partial charge >= 0.3 is 0 Å². The highest BCUT2D eigenvalue weighted by Crippen LogP contribution is 2.30. The number of aromatic hydroxyl groups is 1. The van der Waals surface area contributed by atoms with Gasteiger partial charge in [0.2, 0.25) is 0 Å². The lowest BCUT2D eigenvalue weighted by Gasteiger charge is -2.32. The van der Waals surface area contributed by atoms with Crippen LogP contribution in [-0.4, -0.2) is 45.2 Å². The molecule has 3 aromatic rings. The highest BCUT2D eigenvalue weighted by molar-refractivity contribution is 5.52. The van der Waals surface area contributed by atoms with Crippen LogP contribution in [0, 0.1) is 0 Å². The van der Waals surface area contributed by atoms with E-state index < -0.39 is 0 Å². The summed E-state index contributed by atoms with van der Waals surface area (Å²) in [6, 6.07) is 10.8. The third-order valence-electron chi connectivity index (χ3n) is 5.27. The van der Waals surface area contributed by atoms with E-state index in [0.717, 1.165) is 49.3 Å². The molecule has 7 nitrogen and oxygen atoms in total. The minimum absolute atomic E-state index is 0.142. The number of likely N-dealkylation sites (tertiary alicyclic amines) is 1. The van der Waals surface area contributed by atoms with Crippen molar-refractivity contribution < 1.29 is 9.84 Å². The number of aromatic amines is 1. The molecule has 0 saturated carbocycles. The minimum Gasteiger partial charge on any atom is -0.504 e. The molecular weight excluding hydrogens is 368 g/mol. The number of pyridine rings is 1. The number of hydrogen-bond acceptors (Lipinski definition) is 6. The van der Waals surface area contributed by atoms with Gasteiger partial charge in [-0.3, -0.25) is 14.7 Å². The molecule has 3 heterocycles. The van der Waals surface area contributed by atoms with Gasteiger partial charge in [-0.1, -0.05) is 6.07 Å². The lowest BCUT2D eigenvalue weighted by atomic mass is 9.94. The van der Waals surface area contributed by atoms with E-state index in [1.165, 1.54) is 0 Å². The SMILES string of the molecule is COc1cc(CN2CCCC(c3cc(=O)[nH]c(-c4cccnc4)n3)C2)ccc1O. The molecule has 1 saturated heterocycles. The number of phenols is 1. The number of hydrogen-bond donors (Lipinski definition) is 2. The van der Waals surface area contributed by atoms with Crippen LogP contribution in [0.2, 0.25) is 0 Å². The van der Waals surface area contributed by atoms with Gasteiger partial charge in [-0.25, -0.2) is 4.98 Å². The standard InChI is InChI=1S/C22H24N4O3/c1-29-20-10-15(6-7-19(20)27)13-26-9-3-5-17(14-26)18-11-21(28)25-22(24-18)16-4-2-8-23-12-16/h2,4,6-8,10-12,17,27H,3,5,9,13-14H2,1H3,(H,24,25,28). The van der Waals surface area contributed by atoms with E-state index in [1.54, 1.807) is 31.6 Å². The summed E-state index contributed by atoms with van der Waals surface area (Å²) >= 11 is 0.